The van der Waals surface area contributed by atoms with Crippen molar-refractivity contribution in [1.29, 1.82) is 0 Å². The Morgan fingerprint density at radius 3 is 2.62 bits per heavy atom. The topological polar surface area (TPSA) is 29.5 Å². The third kappa shape index (κ3) is 4.15. The van der Waals surface area contributed by atoms with Crippen LogP contribution in [0, 0.1) is 0 Å². The van der Waals surface area contributed by atoms with Crippen molar-refractivity contribution in [3.05, 3.63) is 29.3 Å². The fraction of sp³-hybridized carbons (Fsp3) is 0.364. The van der Waals surface area contributed by atoms with E-state index in [4.69, 9.17) is 24.2 Å². The van der Waals surface area contributed by atoms with Gasteiger partial charge in [0, 0.05) is 18.6 Å². The third-order valence-electron chi connectivity index (χ3n) is 2.07. The van der Waals surface area contributed by atoms with E-state index < -0.39 is 0 Å². The highest BCUT2D eigenvalue weighted by atomic mass is 35.5. The molecule has 0 atom stereocenters. The van der Waals surface area contributed by atoms with Crippen LogP contribution in [0.3, 0.4) is 0 Å². The van der Waals surface area contributed by atoms with Crippen LogP contribution < -0.4 is 4.74 Å². The summed E-state index contributed by atoms with van der Waals surface area (Å²) in [5.41, 5.74) is 0. The second-order valence-corrected chi connectivity index (χ2v) is 3.78. The van der Waals surface area contributed by atoms with E-state index in [1.165, 1.54) is 4.90 Å². The van der Waals surface area contributed by atoms with E-state index >= 15 is 0 Å². The fourth-order valence-corrected chi connectivity index (χ4v) is 1.23. The summed E-state index contributed by atoms with van der Waals surface area (Å²) >= 11 is 5.72. The molecule has 0 saturated carbocycles. The summed E-state index contributed by atoms with van der Waals surface area (Å²) in [6, 6.07) is 6.87. The summed E-state index contributed by atoms with van der Waals surface area (Å²) in [5.74, 6) is 0.527. The Bertz CT molecular complexity index is 342. The summed E-state index contributed by atoms with van der Waals surface area (Å²) < 4.78 is 5.30. The number of rotatable bonds is 5. The summed E-state index contributed by atoms with van der Waals surface area (Å²) in [7, 11) is 7.04. The number of nitrogens with zero attached hydrogens (tertiary/aromatic N) is 1. The molecule has 1 aromatic rings. The van der Waals surface area contributed by atoms with E-state index in [1.807, 2.05) is 0 Å². The molecule has 16 heavy (non-hydrogen) atoms. The maximum absolute atomic E-state index is 11.5. The first kappa shape index (κ1) is 12.9. The van der Waals surface area contributed by atoms with Gasteiger partial charge in [-0.2, -0.15) is 0 Å². The van der Waals surface area contributed by atoms with Crippen LogP contribution >= 0.6 is 11.6 Å². The molecule has 0 unspecified atom stereocenters. The number of benzene rings is 1. The van der Waals surface area contributed by atoms with Crippen LogP contribution in [0.15, 0.2) is 24.3 Å². The zero-order valence-electron chi connectivity index (χ0n) is 9.15. The number of ether oxygens (including phenoxy) is 1. The highest BCUT2D eigenvalue weighted by molar-refractivity contribution is 6.30. The molecule has 0 aliphatic heterocycles. The number of halogens is 1. The van der Waals surface area contributed by atoms with Gasteiger partial charge in [0.15, 0.2) is 6.61 Å². The molecule has 1 aromatic carbocycles. The highest BCUT2D eigenvalue weighted by Gasteiger charge is 2.07. The van der Waals surface area contributed by atoms with Gasteiger partial charge < -0.3 is 9.64 Å². The van der Waals surface area contributed by atoms with Gasteiger partial charge in [-0.3, -0.25) is 4.79 Å². The minimum absolute atomic E-state index is 0.0120. The van der Waals surface area contributed by atoms with E-state index in [9.17, 15) is 4.79 Å². The lowest BCUT2D eigenvalue weighted by Gasteiger charge is -2.16. The second-order valence-electron chi connectivity index (χ2n) is 3.35. The first-order valence-electron chi connectivity index (χ1n) is 4.96. The molecular formula is C11H13BClNO2. The van der Waals surface area contributed by atoms with Crippen LogP contribution in [0.25, 0.3) is 0 Å². The average molecular weight is 237 g/mol. The van der Waals surface area contributed by atoms with E-state index in [2.05, 4.69) is 0 Å². The number of carbonyl (C=O) groups is 1. The Morgan fingerprint density at radius 1 is 1.44 bits per heavy atom. The van der Waals surface area contributed by atoms with Crippen LogP contribution in [-0.2, 0) is 4.79 Å². The van der Waals surface area contributed by atoms with E-state index in [0.717, 1.165) is 0 Å². The minimum Gasteiger partial charge on any atom is -0.484 e. The van der Waals surface area contributed by atoms with E-state index in [1.54, 1.807) is 31.3 Å². The van der Waals surface area contributed by atoms with Gasteiger partial charge in [-0.15, -0.1) is 0 Å². The van der Waals surface area contributed by atoms with Crippen molar-refractivity contribution in [3.63, 3.8) is 0 Å². The van der Waals surface area contributed by atoms with Crippen molar-refractivity contribution in [2.45, 2.75) is 6.32 Å². The molecule has 0 fully saturated rings. The highest BCUT2D eigenvalue weighted by Crippen LogP contribution is 2.15. The zero-order chi connectivity index (χ0) is 12.0. The molecule has 0 saturated heterocycles. The quantitative estimate of drug-likeness (QED) is 0.731. The van der Waals surface area contributed by atoms with Gasteiger partial charge in [-0.05, 0) is 24.3 Å². The number of hydrogen-bond donors (Lipinski definition) is 0. The maximum Gasteiger partial charge on any atom is 0.260 e. The molecular weight excluding hydrogens is 224 g/mol. The lowest BCUT2D eigenvalue weighted by Crippen LogP contribution is -2.32. The second kappa shape index (κ2) is 6.43. The molecule has 0 aliphatic rings. The molecule has 0 bridgehead atoms. The SMILES string of the molecule is [B]CCN(C)C(=O)COc1ccc(Cl)cc1. The maximum atomic E-state index is 11.5. The monoisotopic (exact) mass is 237 g/mol. The minimum atomic E-state index is -0.0969. The van der Waals surface area contributed by atoms with Gasteiger partial charge in [0.25, 0.3) is 5.91 Å². The van der Waals surface area contributed by atoms with Crippen molar-refractivity contribution in [2.24, 2.45) is 0 Å². The third-order valence-corrected chi connectivity index (χ3v) is 2.32. The van der Waals surface area contributed by atoms with Crippen molar-refractivity contribution < 1.29 is 9.53 Å². The largest absolute Gasteiger partial charge is 0.484 e. The van der Waals surface area contributed by atoms with Crippen LogP contribution in [-0.4, -0.2) is 38.9 Å². The number of carbonyl (C=O) groups excluding carboxylic acids is 1. The Balaban J connectivity index is 2.39. The van der Waals surface area contributed by atoms with Crippen LogP contribution in [0.5, 0.6) is 5.75 Å². The zero-order valence-corrected chi connectivity index (χ0v) is 9.91. The molecule has 0 N–H and O–H groups in total. The molecule has 0 aliphatic carbocycles. The Kier molecular flexibility index (Phi) is 5.19. The molecule has 0 heterocycles. The standard InChI is InChI=1S/C11H13BClNO2/c1-14(7-6-12)11(15)8-16-10-4-2-9(13)3-5-10/h2-5H,6-8H2,1H3. The van der Waals surface area contributed by atoms with Crippen LogP contribution in [0.4, 0.5) is 0 Å². The van der Waals surface area contributed by atoms with Crippen molar-refractivity contribution in [2.75, 3.05) is 20.2 Å². The van der Waals surface area contributed by atoms with Gasteiger partial charge in [0.1, 0.15) is 5.75 Å². The summed E-state index contributed by atoms with van der Waals surface area (Å²) in [6.07, 6.45) is 0.448. The molecule has 5 heteroatoms. The number of hydrogen-bond acceptors (Lipinski definition) is 2. The molecule has 2 radical (unpaired) electrons. The van der Waals surface area contributed by atoms with Crippen molar-refractivity contribution in [1.82, 2.24) is 4.90 Å². The number of amides is 1. The molecule has 1 amide bonds. The van der Waals surface area contributed by atoms with Gasteiger partial charge in [-0.25, -0.2) is 0 Å². The summed E-state index contributed by atoms with van der Waals surface area (Å²) in [4.78, 5) is 13.0. The molecule has 1 rings (SSSR count). The Hall–Kier alpha value is -1.16. The summed E-state index contributed by atoms with van der Waals surface area (Å²) in [6.45, 7) is 0.543. The van der Waals surface area contributed by atoms with E-state index in [0.29, 0.717) is 23.6 Å². The lowest BCUT2D eigenvalue weighted by molar-refractivity contribution is -0.131. The first-order chi connectivity index (χ1) is 7.63. The number of likely N-dealkylation sites (N-methyl/N-ethyl adjacent to an activating group) is 1. The smallest absolute Gasteiger partial charge is 0.260 e. The lowest BCUT2D eigenvalue weighted by atomic mass is 10.1. The van der Waals surface area contributed by atoms with Crippen molar-refractivity contribution >= 4 is 25.4 Å². The van der Waals surface area contributed by atoms with Crippen LogP contribution in [0.1, 0.15) is 0 Å². The van der Waals surface area contributed by atoms with Gasteiger partial charge in [0.05, 0.1) is 7.85 Å². The van der Waals surface area contributed by atoms with E-state index in [-0.39, 0.29) is 12.5 Å². The predicted octanol–water partition coefficient (Wildman–Crippen LogP) is 1.76. The molecule has 0 spiro atoms. The Labute approximate surface area is 102 Å². The normalized spacial score (nSPS) is 9.88. The predicted molar refractivity (Wildman–Crippen MR) is 65.1 cm³/mol. The van der Waals surface area contributed by atoms with Gasteiger partial charge >= 0.3 is 0 Å². The first-order valence-corrected chi connectivity index (χ1v) is 5.33. The Morgan fingerprint density at radius 2 is 2.06 bits per heavy atom. The average Bonchev–Trinajstić information content (AvgIpc) is 2.28. The molecule has 84 valence electrons. The van der Waals surface area contributed by atoms with Gasteiger partial charge in [0.2, 0.25) is 0 Å². The summed E-state index contributed by atoms with van der Waals surface area (Å²) in [5, 5.41) is 0.638. The molecule has 0 aromatic heterocycles. The van der Waals surface area contributed by atoms with Crippen LogP contribution in [0.2, 0.25) is 11.3 Å². The van der Waals surface area contributed by atoms with Crippen molar-refractivity contribution in [3.8, 4) is 5.75 Å². The fourth-order valence-electron chi connectivity index (χ4n) is 1.10. The molecule has 3 nitrogen and oxygen atoms in total. The van der Waals surface area contributed by atoms with Gasteiger partial charge in [-0.1, -0.05) is 17.9 Å².